The van der Waals surface area contributed by atoms with Crippen LogP contribution in [0.3, 0.4) is 0 Å². The number of amides is 2. The molecule has 28 heavy (non-hydrogen) atoms. The van der Waals surface area contributed by atoms with Crippen LogP contribution in [0.1, 0.15) is 33.7 Å². The summed E-state index contributed by atoms with van der Waals surface area (Å²) in [6.45, 7) is 1.59. The summed E-state index contributed by atoms with van der Waals surface area (Å²) in [7, 11) is 0. The number of aromatic nitrogens is 2. The van der Waals surface area contributed by atoms with Crippen LogP contribution in [0.15, 0.2) is 60.8 Å². The summed E-state index contributed by atoms with van der Waals surface area (Å²) in [5, 5.41) is 6.95. The number of anilines is 1. The average molecular weight is 378 g/mol. The summed E-state index contributed by atoms with van der Waals surface area (Å²) in [5.41, 5.74) is 1.92. The summed E-state index contributed by atoms with van der Waals surface area (Å²) in [6, 6.07) is 14.3. The zero-order chi connectivity index (χ0) is 19.5. The van der Waals surface area contributed by atoms with Crippen LogP contribution in [0.4, 0.5) is 10.1 Å². The van der Waals surface area contributed by atoms with Crippen molar-refractivity contribution in [2.75, 3.05) is 18.4 Å². The Hall–Kier alpha value is -3.48. The van der Waals surface area contributed by atoms with Crippen LogP contribution in [0, 0.1) is 5.82 Å². The lowest BCUT2D eigenvalue weighted by molar-refractivity contribution is 0.0792. The van der Waals surface area contributed by atoms with E-state index in [1.165, 1.54) is 16.8 Å². The Morgan fingerprint density at radius 2 is 1.75 bits per heavy atom. The van der Waals surface area contributed by atoms with Gasteiger partial charge in [-0.15, -0.1) is 0 Å². The Labute approximate surface area is 161 Å². The number of carbonyl (C=O) groups is 2. The fraction of sp³-hybridized carbons (Fsp3) is 0.190. The number of nitrogens with zero attached hydrogens (tertiary/aromatic N) is 3. The molecular weight excluding hydrogens is 359 g/mol. The van der Waals surface area contributed by atoms with Crippen molar-refractivity contribution in [1.29, 1.82) is 0 Å². The van der Waals surface area contributed by atoms with E-state index in [1.807, 2.05) is 4.90 Å². The molecule has 0 radical (unpaired) electrons. The number of benzene rings is 2. The van der Waals surface area contributed by atoms with Crippen LogP contribution in [0.2, 0.25) is 0 Å². The molecule has 3 aromatic rings. The highest BCUT2D eigenvalue weighted by atomic mass is 19.1. The second-order valence-electron chi connectivity index (χ2n) is 6.66. The van der Waals surface area contributed by atoms with Crippen molar-refractivity contribution in [3.8, 4) is 5.69 Å². The Balaban J connectivity index is 1.43. The Morgan fingerprint density at radius 1 is 1.00 bits per heavy atom. The van der Waals surface area contributed by atoms with Gasteiger partial charge in [0.1, 0.15) is 5.82 Å². The van der Waals surface area contributed by atoms with Crippen molar-refractivity contribution < 1.29 is 14.0 Å². The van der Waals surface area contributed by atoms with Crippen LogP contribution < -0.4 is 5.32 Å². The number of nitrogens with one attached hydrogen (secondary N) is 1. The van der Waals surface area contributed by atoms with E-state index in [2.05, 4.69) is 10.4 Å². The molecule has 1 aromatic heterocycles. The van der Waals surface area contributed by atoms with Crippen LogP contribution in [0.25, 0.3) is 5.69 Å². The number of rotatable bonds is 4. The van der Waals surface area contributed by atoms with Gasteiger partial charge in [-0.25, -0.2) is 9.07 Å². The van der Waals surface area contributed by atoms with Crippen molar-refractivity contribution in [3.63, 3.8) is 0 Å². The van der Waals surface area contributed by atoms with Gasteiger partial charge in [0.05, 0.1) is 5.69 Å². The lowest BCUT2D eigenvalue weighted by Crippen LogP contribution is -2.27. The second kappa shape index (κ2) is 7.64. The maximum atomic E-state index is 13.3. The topological polar surface area (TPSA) is 67.2 Å². The number of carbonyl (C=O) groups excluding carboxylic acids is 2. The van der Waals surface area contributed by atoms with Crippen molar-refractivity contribution in [2.24, 2.45) is 0 Å². The van der Waals surface area contributed by atoms with E-state index < -0.39 is 0 Å². The highest BCUT2D eigenvalue weighted by Gasteiger charge is 2.19. The Morgan fingerprint density at radius 3 is 2.46 bits per heavy atom. The molecule has 142 valence electrons. The lowest BCUT2D eigenvalue weighted by Gasteiger charge is -2.15. The van der Waals surface area contributed by atoms with Gasteiger partial charge in [0, 0.05) is 30.5 Å². The number of halogens is 1. The molecule has 1 fully saturated rings. The van der Waals surface area contributed by atoms with Gasteiger partial charge in [0.25, 0.3) is 11.8 Å². The summed E-state index contributed by atoms with van der Waals surface area (Å²) in [6.07, 6.45) is 3.69. The predicted molar refractivity (Wildman–Crippen MR) is 103 cm³/mol. The van der Waals surface area contributed by atoms with Gasteiger partial charge < -0.3 is 10.2 Å². The maximum Gasteiger partial charge on any atom is 0.276 e. The quantitative estimate of drug-likeness (QED) is 0.756. The molecule has 0 atom stereocenters. The normalized spacial score (nSPS) is 13.5. The number of hydrogen-bond acceptors (Lipinski definition) is 3. The van der Waals surface area contributed by atoms with Crippen molar-refractivity contribution in [1.82, 2.24) is 14.7 Å². The third kappa shape index (κ3) is 3.78. The van der Waals surface area contributed by atoms with E-state index in [1.54, 1.807) is 48.7 Å². The van der Waals surface area contributed by atoms with Gasteiger partial charge in [-0.2, -0.15) is 5.10 Å². The minimum Gasteiger partial charge on any atom is -0.339 e. The van der Waals surface area contributed by atoms with Crippen LogP contribution in [0.5, 0.6) is 0 Å². The second-order valence-corrected chi connectivity index (χ2v) is 6.66. The van der Waals surface area contributed by atoms with Crippen molar-refractivity contribution in [3.05, 3.63) is 77.9 Å². The maximum absolute atomic E-state index is 13.3. The molecule has 7 heteroatoms. The Kier molecular flexibility index (Phi) is 4.89. The summed E-state index contributed by atoms with van der Waals surface area (Å²) < 4.78 is 14.8. The van der Waals surface area contributed by atoms with Gasteiger partial charge in [-0.05, 0) is 61.4 Å². The van der Waals surface area contributed by atoms with E-state index in [0.717, 1.165) is 25.9 Å². The van der Waals surface area contributed by atoms with Crippen LogP contribution in [-0.4, -0.2) is 39.6 Å². The fourth-order valence-electron chi connectivity index (χ4n) is 3.20. The van der Waals surface area contributed by atoms with Crippen molar-refractivity contribution >= 4 is 17.5 Å². The average Bonchev–Trinajstić information content (AvgIpc) is 3.40. The lowest BCUT2D eigenvalue weighted by atomic mass is 10.2. The Bertz CT molecular complexity index is 1010. The predicted octanol–water partition coefficient (Wildman–Crippen LogP) is 3.50. The molecule has 2 heterocycles. The first-order valence-electron chi connectivity index (χ1n) is 9.12. The third-order valence-corrected chi connectivity index (χ3v) is 4.68. The van der Waals surface area contributed by atoms with Gasteiger partial charge in [-0.1, -0.05) is 6.07 Å². The van der Waals surface area contributed by atoms with Gasteiger partial charge >= 0.3 is 0 Å². The first-order valence-corrected chi connectivity index (χ1v) is 9.12. The first kappa shape index (κ1) is 17.9. The molecule has 0 bridgehead atoms. The molecule has 2 aromatic carbocycles. The summed E-state index contributed by atoms with van der Waals surface area (Å²) in [5.74, 6) is -0.736. The molecule has 1 saturated heterocycles. The van der Waals surface area contributed by atoms with Crippen molar-refractivity contribution in [2.45, 2.75) is 12.8 Å². The van der Waals surface area contributed by atoms with Crippen LogP contribution in [-0.2, 0) is 0 Å². The zero-order valence-corrected chi connectivity index (χ0v) is 15.1. The molecule has 0 spiro atoms. The minimum absolute atomic E-state index is 0.0178. The molecule has 1 aliphatic rings. The summed E-state index contributed by atoms with van der Waals surface area (Å²) in [4.78, 5) is 26.6. The fourth-order valence-corrected chi connectivity index (χ4v) is 3.20. The van der Waals surface area contributed by atoms with Crippen LogP contribution >= 0.6 is 0 Å². The molecule has 0 saturated carbocycles. The third-order valence-electron chi connectivity index (χ3n) is 4.68. The first-order chi connectivity index (χ1) is 13.6. The summed E-state index contributed by atoms with van der Waals surface area (Å²) >= 11 is 0. The largest absolute Gasteiger partial charge is 0.339 e. The molecule has 4 rings (SSSR count). The molecule has 1 N–H and O–H groups in total. The standard InChI is InChI=1S/C21H19FN4O2/c22-16-4-3-5-18(14-16)26-13-10-19(24-26)20(27)23-17-8-6-15(7-9-17)21(28)25-11-1-2-12-25/h3-10,13-14H,1-2,11-12H2,(H,23,27). The monoisotopic (exact) mass is 378 g/mol. The van der Waals surface area contributed by atoms with E-state index >= 15 is 0 Å². The molecule has 0 unspecified atom stereocenters. The number of likely N-dealkylation sites (tertiary alicyclic amines) is 1. The zero-order valence-electron chi connectivity index (χ0n) is 15.1. The van der Waals surface area contributed by atoms with E-state index in [9.17, 15) is 14.0 Å². The van der Waals surface area contributed by atoms with E-state index in [4.69, 9.17) is 0 Å². The van der Waals surface area contributed by atoms with E-state index in [0.29, 0.717) is 16.9 Å². The smallest absolute Gasteiger partial charge is 0.276 e. The molecule has 6 nitrogen and oxygen atoms in total. The molecule has 1 aliphatic heterocycles. The minimum atomic E-state index is -0.381. The number of hydrogen-bond donors (Lipinski definition) is 1. The SMILES string of the molecule is O=C(Nc1ccc(C(=O)N2CCCC2)cc1)c1ccn(-c2cccc(F)c2)n1. The highest BCUT2D eigenvalue weighted by Crippen LogP contribution is 2.16. The van der Waals surface area contributed by atoms with Gasteiger partial charge in [0.2, 0.25) is 0 Å². The van der Waals surface area contributed by atoms with Gasteiger partial charge in [-0.3, -0.25) is 9.59 Å². The molecular formula is C21H19FN4O2. The highest BCUT2D eigenvalue weighted by molar-refractivity contribution is 6.03. The van der Waals surface area contributed by atoms with Gasteiger partial charge in [0.15, 0.2) is 5.69 Å². The molecule has 2 amide bonds. The van der Waals surface area contributed by atoms with E-state index in [-0.39, 0.29) is 23.3 Å². The molecule has 0 aliphatic carbocycles.